The number of benzene rings is 7. The lowest BCUT2D eigenvalue weighted by molar-refractivity contribution is -0.334. The standard InChI is InChI=1S/C88H99Cl3N8O26/c1-37(2)22-55(94-7)83(114)98-71-58(104)26-47(29-65(92)106)81(112)96-69-46-27-62(120-60-20-15-44(73(71)107)24-53(60)90)77(125-86-78(75(109)74(108)64(36-100)122-86)124-67-34-88(6,80(111)39(4)119-67)95-35-40-8-10-41(11-9-40)42-12-17-48(89)18-13-42)63(28-46)121-61-21-16-45(25-54(61)91)76(123-66-33-87(5,93)79(110)38(3)118-66)72-84(115)97-70(85(116)117)52-30-49(101)31-57(103)68(52)51-23-43(14-19-56(51)102)50(32-59(69)105)82(113)99-72/h8-21,23-25,27-28,30-31,37-39,47,50,55,64,66-67,69-76,78-80,86,94-95,100-103,107-111H,22,26,29,32-36,93H2,1-7H3,(H2,92,106)(H,96,112)(H,97,115)(H,98,114)(H,99,113)(H,116,117)/t38-,39-,47-,50+,55+,64?,66-,67-,69+,70-,71-,72-,73+,74+,75?,76+,78?,79-,80-,86-,87?,88?/m0/s1. The van der Waals surface area contributed by atoms with E-state index < -0.39 is 268 Å². The highest BCUT2D eigenvalue weighted by Crippen LogP contribution is 2.51. The Hall–Kier alpha value is -10.2. The molecule has 0 radical (unpaired) electrons. The highest BCUT2D eigenvalue weighted by molar-refractivity contribution is 6.32. The number of fused-ring (bicyclic) bond motifs is 15. The topological polar surface area (TPSA) is 537 Å². The molecule has 0 saturated carbocycles. The lowest BCUT2D eigenvalue weighted by Crippen LogP contribution is -2.65. The Morgan fingerprint density at radius 2 is 1.27 bits per heavy atom. The number of ketones is 2. The smallest absolute Gasteiger partial charge is 0.330 e. The summed E-state index contributed by atoms with van der Waals surface area (Å²) < 4.78 is 53.1. The van der Waals surface area contributed by atoms with Gasteiger partial charge in [-0.15, -0.1) is 0 Å². The number of ether oxygens (including phenoxy) is 8. The Kier molecular flexibility index (Phi) is 28.2. The molecule has 668 valence electrons. The van der Waals surface area contributed by atoms with Crippen LogP contribution in [0.3, 0.4) is 0 Å². The second-order valence-corrected chi connectivity index (χ2v) is 34.6. The Bertz CT molecular complexity index is 5250. The van der Waals surface area contributed by atoms with Crippen molar-refractivity contribution < 1.29 is 127 Å². The van der Waals surface area contributed by atoms with Crippen molar-refractivity contribution in [1.82, 2.24) is 31.9 Å². The number of aromatic hydroxyl groups is 3. The highest BCUT2D eigenvalue weighted by Gasteiger charge is 2.53. The minimum absolute atomic E-state index is 0.0985. The van der Waals surface area contributed by atoms with Gasteiger partial charge in [0.15, 0.2) is 47.8 Å². The molecule has 0 aliphatic carbocycles. The quantitative estimate of drug-likeness (QED) is 0.0412. The van der Waals surface area contributed by atoms with Crippen molar-refractivity contribution in [3.8, 4) is 68.2 Å². The largest absolute Gasteiger partial charge is 0.508 e. The van der Waals surface area contributed by atoms with Crippen molar-refractivity contribution in [3.63, 3.8) is 0 Å². The normalized spacial score (nSPS) is 29.9. The molecule has 5 amide bonds. The molecule has 37 heteroatoms. The van der Waals surface area contributed by atoms with Gasteiger partial charge in [0.1, 0.15) is 77.4 Å². The van der Waals surface area contributed by atoms with Gasteiger partial charge in [-0.05, 0) is 153 Å². The predicted molar refractivity (Wildman–Crippen MR) is 448 cm³/mol. The van der Waals surface area contributed by atoms with Gasteiger partial charge in [0.25, 0.3) is 0 Å². The summed E-state index contributed by atoms with van der Waals surface area (Å²) in [6.45, 7) is 9.15. The van der Waals surface area contributed by atoms with Crippen LogP contribution in [0.1, 0.15) is 144 Å². The summed E-state index contributed by atoms with van der Waals surface area (Å²) in [5.74, 6) is -18.8. The van der Waals surface area contributed by atoms with Gasteiger partial charge in [-0.3, -0.25) is 33.6 Å². The van der Waals surface area contributed by atoms with Crippen molar-refractivity contribution in [1.29, 1.82) is 0 Å². The summed E-state index contributed by atoms with van der Waals surface area (Å²) in [7, 11) is 1.50. The molecule has 3 fully saturated rings. The number of likely N-dealkylation sites (N-methyl/N-ethyl adjacent to an activating group) is 1. The average Bonchev–Trinajstić information content (AvgIpc) is 0.762. The first-order valence-electron chi connectivity index (χ1n) is 40.5. The van der Waals surface area contributed by atoms with Gasteiger partial charge >= 0.3 is 5.97 Å². The molecule has 7 aromatic carbocycles. The number of phenols is 3. The van der Waals surface area contributed by atoms with Crippen molar-refractivity contribution in [2.24, 2.45) is 23.3 Å². The maximum atomic E-state index is 16.7. The van der Waals surface area contributed by atoms with E-state index in [9.17, 15) is 65.4 Å². The third-order valence-electron chi connectivity index (χ3n) is 23.5. The third kappa shape index (κ3) is 20.3. The Labute approximate surface area is 732 Å². The molecule has 7 aromatic rings. The number of aliphatic hydroxyl groups excluding tert-OH is 6. The number of primary amides is 1. The zero-order valence-electron chi connectivity index (χ0n) is 68.7. The predicted octanol–water partition coefficient (Wildman–Crippen LogP) is 6.47. The van der Waals surface area contributed by atoms with Crippen molar-refractivity contribution in [2.75, 3.05) is 13.7 Å². The highest BCUT2D eigenvalue weighted by atomic mass is 35.5. The minimum atomic E-state index is -2.28. The van der Waals surface area contributed by atoms with Crippen molar-refractivity contribution >= 4 is 81.9 Å². The zero-order chi connectivity index (χ0) is 90.3. The summed E-state index contributed by atoms with van der Waals surface area (Å²) in [6, 6.07) is 19.9. The molecule has 0 aromatic heterocycles. The van der Waals surface area contributed by atoms with Crippen LogP contribution in [0.25, 0.3) is 22.3 Å². The van der Waals surface area contributed by atoms with Gasteiger partial charge < -0.3 is 132 Å². The second-order valence-electron chi connectivity index (χ2n) is 33.3. The maximum absolute atomic E-state index is 16.7. The monoisotopic (exact) mass is 1790 g/mol. The van der Waals surface area contributed by atoms with Gasteiger partial charge in [-0.25, -0.2) is 4.79 Å². The number of phenolic OH excluding ortho intramolecular Hbond substituents is 3. The van der Waals surface area contributed by atoms with Gasteiger partial charge in [-0.1, -0.05) is 103 Å². The van der Waals surface area contributed by atoms with E-state index in [-0.39, 0.29) is 64.9 Å². The summed E-state index contributed by atoms with van der Waals surface area (Å²) in [6.07, 6.45) is -24.7. The molecule has 3 saturated heterocycles. The number of hydrogen-bond donors (Lipinski definition) is 18. The van der Waals surface area contributed by atoms with E-state index in [1.165, 1.54) is 63.4 Å². The SMILES string of the molecule is CN[C@H](CC(C)C)C(=O)N[C@H]1C(=O)C[C@@H](CC(N)=O)C(=O)N[C@H]2C(=O)C[C@H]3C(=O)N[C@H](C(=O)N[C@H](C(=O)O)c4cc(O)cc(O)c4-c4cc3ccc4O)[C@H](O[C@H]3CC(C)(N)[C@@H](O)[C@H](C)O3)c3ccc(c(Cl)c3)Oc3cc2cc(c3O[C@@H]2OC(CO)[C@@H](O)C(O)C2O[C@H]2CC(C)(NCc3ccc(-c4ccc(Cl)cc4)cc3)[C@@H](O)[C@H](C)O2)Oc2ccc(cc2Cl)[C@H]1O. The van der Waals surface area contributed by atoms with Crippen LogP contribution in [0.2, 0.25) is 15.1 Å². The zero-order valence-corrected chi connectivity index (χ0v) is 71.0. The number of carboxylic acids is 1. The van der Waals surface area contributed by atoms with E-state index in [4.69, 9.17) is 84.2 Å². The fourth-order valence-corrected chi connectivity index (χ4v) is 17.3. The van der Waals surface area contributed by atoms with E-state index in [1.807, 2.05) is 50.2 Å². The molecular formula is C88H99Cl3N8O26. The molecule has 125 heavy (non-hydrogen) atoms. The fourth-order valence-electron chi connectivity index (χ4n) is 16.7. The lowest BCUT2D eigenvalue weighted by atomic mass is 9.84. The number of nitrogens with one attached hydrogen (secondary N) is 6. The Balaban J connectivity index is 1.02. The van der Waals surface area contributed by atoms with E-state index in [0.717, 1.165) is 53.1 Å². The van der Waals surface area contributed by atoms with Crippen LogP contribution in [-0.4, -0.2) is 209 Å². The van der Waals surface area contributed by atoms with Crippen LogP contribution in [0.15, 0.2) is 127 Å². The number of carboxylic acid groups (broad SMARTS) is 1. The molecule has 11 bridgehead atoms. The number of aliphatic hydroxyl groups is 6. The van der Waals surface area contributed by atoms with Crippen molar-refractivity contribution in [2.45, 2.75) is 214 Å². The molecule has 34 nitrogen and oxygen atoms in total. The Morgan fingerprint density at radius 1 is 0.656 bits per heavy atom. The number of carbonyl (C=O) groups is 8. The number of rotatable bonds is 19. The molecule has 8 aliphatic rings. The fraction of sp³-hybridized carbons (Fsp3) is 0.432. The second kappa shape index (κ2) is 38.2. The van der Waals surface area contributed by atoms with Crippen LogP contribution < -0.4 is 57.6 Å². The summed E-state index contributed by atoms with van der Waals surface area (Å²) in [5, 5.41) is 134. The average molecular weight is 1790 g/mol. The minimum Gasteiger partial charge on any atom is -0.508 e. The van der Waals surface area contributed by atoms with Crippen LogP contribution >= 0.6 is 34.8 Å². The molecule has 15 rings (SSSR count). The van der Waals surface area contributed by atoms with E-state index in [2.05, 4.69) is 31.9 Å². The van der Waals surface area contributed by atoms with Crippen LogP contribution in [0.4, 0.5) is 0 Å². The molecule has 8 heterocycles. The number of carbonyl (C=O) groups excluding carboxylic acids is 7. The summed E-state index contributed by atoms with van der Waals surface area (Å²) >= 11 is 20.9. The van der Waals surface area contributed by atoms with Crippen LogP contribution in [0, 0.1) is 11.8 Å². The van der Waals surface area contributed by atoms with E-state index in [1.54, 1.807) is 26.0 Å². The first kappa shape index (κ1) is 92.5. The van der Waals surface area contributed by atoms with Gasteiger partial charge in [0.2, 0.25) is 41.6 Å². The van der Waals surface area contributed by atoms with Gasteiger partial charge in [-0.2, -0.15) is 0 Å². The van der Waals surface area contributed by atoms with Crippen LogP contribution in [-0.2, 0) is 68.6 Å². The number of aliphatic carboxylic acids is 1. The first-order chi connectivity index (χ1) is 59.2. The summed E-state index contributed by atoms with van der Waals surface area (Å²) in [4.78, 5) is 121. The molecule has 0 spiro atoms. The van der Waals surface area contributed by atoms with Crippen molar-refractivity contribution in [3.05, 3.63) is 176 Å². The molecule has 20 N–H and O–H groups in total. The van der Waals surface area contributed by atoms with Crippen LogP contribution in [0.5, 0.6) is 46.0 Å². The van der Waals surface area contributed by atoms with E-state index in [0.29, 0.717) is 5.02 Å². The third-order valence-corrected chi connectivity index (χ3v) is 24.4. The number of amides is 5. The lowest BCUT2D eigenvalue weighted by Gasteiger charge is -2.48. The number of nitrogens with two attached hydrogens (primary N) is 2. The number of Topliss-reactive ketones (excluding diaryl/α,β-unsaturated/α-hetero) is 2. The molecule has 8 aliphatic heterocycles. The number of hydrogen-bond acceptors (Lipinski definition) is 28. The number of halogens is 3. The summed E-state index contributed by atoms with van der Waals surface area (Å²) in [5.41, 5.74) is 10.1. The molecule has 5 unspecified atom stereocenters. The molecular weight excluding hydrogens is 1690 g/mol. The Morgan fingerprint density at radius 3 is 1.88 bits per heavy atom. The molecule has 22 atom stereocenters. The maximum Gasteiger partial charge on any atom is 0.330 e. The van der Waals surface area contributed by atoms with Gasteiger partial charge in [0.05, 0.1) is 58.9 Å². The van der Waals surface area contributed by atoms with E-state index >= 15 is 24.0 Å². The first-order valence-corrected chi connectivity index (χ1v) is 41.6. The van der Waals surface area contributed by atoms with Gasteiger partial charge in [0, 0.05) is 77.5 Å².